The van der Waals surface area contributed by atoms with Gasteiger partial charge in [0.15, 0.2) is 0 Å². The lowest BCUT2D eigenvalue weighted by molar-refractivity contribution is -0.112. The number of carbonyl (C=O) groups is 2. The number of anilines is 1. The van der Waals surface area contributed by atoms with E-state index in [1.807, 2.05) is 6.92 Å². The summed E-state index contributed by atoms with van der Waals surface area (Å²) in [5, 5.41) is 3.25. The summed E-state index contributed by atoms with van der Waals surface area (Å²) in [7, 11) is 1.55. The number of ether oxygens (including phenoxy) is 2. The number of para-hydroxylation sites is 2. The molecule has 0 aliphatic heterocycles. The normalized spacial score (nSPS) is 10.5. The summed E-state index contributed by atoms with van der Waals surface area (Å²) in [5.74, 6) is -0.225. The Bertz CT molecular complexity index is 930. The van der Waals surface area contributed by atoms with Crippen molar-refractivity contribution in [2.75, 3.05) is 19.0 Å². The standard InChI is InChI=1S/C19H18N2O4/c1-3-25-17-7-5-4-6-16(17)21-19(23)18(22)14-11-20-15-9-8-12(24-2)10-13(14)15/h4-11,20H,3H2,1-2H3,(H,21,23). The van der Waals surface area contributed by atoms with Gasteiger partial charge in [-0.05, 0) is 37.3 Å². The van der Waals surface area contributed by atoms with Crippen molar-refractivity contribution in [3.8, 4) is 11.5 Å². The minimum absolute atomic E-state index is 0.292. The molecule has 0 atom stereocenters. The van der Waals surface area contributed by atoms with Gasteiger partial charge in [-0.3, -0.25) is 9.59 Å². The molecule has 6 nitrogen and oxygen atoms in total. The Morgan fingerprint density at radius 3 is 2.72 bits per heavy atom. The van der Waals surface area contributed by atoms with Crippen LogP contribution in [0.25, 0.3) is 10.9 Å². The third kappa shape index (κ3) is 3.33. The van der Waals surface area contributed by atoms with Crippen LogP contribution in [0.5, 0.6) is 11.5 Å². The van der Waals surface area contributed by atoms with Gasteiger partial charge in [0.25, 0.3) is 11.7 Å². The number of methoxy groups -OCH3 is 1. The van der Waals surface area contributed by atoms with Crippen molar-refractivity contribution in [1.82, 2.24) is 4.98 Å². The van der Waals surface area contributed by atoms with Crippen molar-refractivity contribution in [3.63, 3.8) is 0 Å². The Labute approximate surface area is 144 Å². The average molecular weight is 338 g/mol. The number of amides is 1. The summed E-state index contributed by atoms with van der Waals surface area (Å²) < 4.78 is 10.6. The quantitative estimate of drug-likeness (QED) is 0.533. The number of Topliss-reactive ketones (excluding diaryl/α,β-unsaturated/α-hetero) is 1. The van der Waals surface area contributed by atoms with E-state index in [9.17, 15) is 9.59 Å². The van der Waals surface area contributed by atoms with Gasteiger partial charge in [-0.2, -0.15) is 0 Å². The van der Waals surface area contributed by atoms with Crippen LogP contribution in [0.4, 0.5) is 5.69 Å². The fourth-order valence-corrected chi connectivity index (χ4v) is 2.57. The molecule has 2 N–H and O–H groups in total. The van der Waals surface area contributed by atoms with Crippen LogP contribution >= 0.6 is 0 Å². The van der Waals surface area contributed by atoms with Crippen LogP contribution in [0.15, 0.2) is 48.7 Å². The fraction of sp³-hybridized carbons (Fsp3) is 0.158. The summed E-state index contributed by atoms with van der Waals surface area (Å²) >= 11 is 0. The average Bonchev–Trinajstić information content (AvgIpc) is 3.05. The molecule has 3 aromatic rings. The molecular weight excluding hydrogens is 320 g/mol. The van der Waals surface area contributed by atoms with Crippen molar-refractivity contribution in [1.29, 1.82) is 0 Å². The van der Waals surface area contributed by atoms with Crippen LogP contribution in [0, 0.1) is 0 Å². The molecule has 1 amide bonds. The molecule has 0 aliphatic rings. The third-order valence-electron chi connectivity index (χ3n) is 3.77. The van der Waals surface area contributed by atoms with Crippen molar-refractivity contribution in [2.45, 2.75) is 6.92 Å². The molecule has 1 aromatic heterocycles. The number of benzene rings is 2. The number of aromatic amines is 1. The highest BCUT2D eigenvalue weighted by atomic mass is 16.5. The van der Waals surface area contributed by atoms with Crippen LogP contribution in [-0.2, 0) is 4.79 Å². The summed E-state index contributed by atoms with van der Waals surface area (Å²) in [6.45, 7) is 2.31. The molecule has 2 aromatic carbocycles. The number of H-pyrrole nitrogens is 1. The van der Waals surface area contributed by atoms with E-state index in [-0.39, 0.29) is 0 Å². The zero-order valence-corrected chi connectivity index (χ0v) is 14.0. The van der Waals surface area contributed by atoms with E-state index < -0.39 is 11.7 Å². The molecule has 3 rings (SSSR count). The Hall–Kier alpha value is -3.28. The Balaban J connectivity index is 1.87. The number of rotatable bonds is 6. The lowest BCUT2D eigenvalue weighted by atomic mass is 10.1. The molecule has 0 radical (unpaired) electrons. The highest BCUT2D eigenvalue weighted by Gasteiger charge is 2.21. The number of fused-ring (bicyclic) bond motifs is 1. The smallest absolute Gasteiger partial charge is 0.296 e. The zero-order valence-electron chi connectivity index (χ0n) is 14.0. The second kappa shape index (κ2) is 7.09. The predicted octanol–water partition coefficient (Wildman–Crippen LogP) is 3.40. The van der Waals surface area contributed by atoms with Gasteiger partial charge in [0.1, 0.15) is 11.5 Å². The molecule has 1 heterocycles. The molecule has 6 heteroatoms. The lowest BCUT2D eigenvalue weighted by Crippen LogP contribution is -2.23. The van der Waals surface area contributed by atoms with E-state index in [2.05, 4.69) is 10.3 Å². The Kier molecular flexibility index (Phi) is 4.70. The third-order valence-corrected chi connectivity index (χ3v) is 3.77. The first kappa shape index (κ1) is 16.6. The SMILES string of the molecule is CCOc1ccccc1NC(=O)C(=O)c1c[nH]c2ccc(OC)cc12. The first-order valence-corrected chi connectivity index (χ1v) is 7.86. The minimum atomic E-state index is -0.726. The summed E-state index contributed by atoms with van der Waals surface area (Å²) in [4.78, 5) is 28.0. The van der Waals surface area contributed by atoms with Gasteiger partial charge in [0, 0.05) is 17.1 Å². The van der Waals surface area contributed by atoms with Crippen molar-refractivity contribution >= 4 is 28.3 Å². The van der Waals surface area contributed by atoms with Crippen molar-refractivity contribution in [2.24, 2.45) is 0 Å². The zero-order chi connectivity index (χ0) is 17.8. The molecule has 0 bridgehead atoms. The van der Waals surface area contributed by atoms with E-state index in [0.717, 1.165) is 5.52 Å². The van der Waals surface area contributed by atoms with Crippen LogP contribution in [0.2, 0.25) is 0 Å². The molecule has 128 valence electrons. The van der Waals surface area contributed by atoms with Crippen molar-refractivity contribution < 1.29 is 19.1 Å². The second-order valence-electron chi connectivity index (χ2n) is 5.33. The number of nitrogens with one attached hydrogen (secondary N) is 2. The van der Waals surface area contributed by atoms with Gasteiger partial charge in [-0.1, -0.05) is 12.1 Å². The predicted molar refractivity (Wildman–Crippen MR) is 95.4 cm³/mol. The lowest BCUT2D eigenvalue weighted by Gasteiger charge is -2.10. The van der Waals surface area contributed by atoms with Gasteiger partial charge in [-0.15, -0.1) is 0 Å². The van der Waals surface area contributed by atoms with Crippen LogP contribution in [-0.4, -0.2) is 30.4 Å². The Morgan fingerprint density at radius 1 is 1.16 bits per heavy atom. The maximum atomic E-state index is 12.6. The van der Waals surface area contributed by atoms with E-state index in [4.69, 9.17) is 9.47 Å². The number of ketones is 1. The highest BCUT2D eigenvalue weighted by molar-refractivity contribution is 6.48. The molecule has 0 saturated carbocycles. The molecule has 0 aliphatic carbocycles. The van der Waals surface area contributed by atoms with E-state index >= 15 is 0 Å². The van der Waals surface area contributed by atoms with E-state index in [1.165, 1.54) is 6.20 Å². The van der Waals surface area contributed by atoms with Gasteiger partial charge < -0.3 is 19.8 Å². The van der Waals surface area contributed by atoms with Crippen molar-refractivity contribution in [3.05, 3.63) is 54.2 Å². The monoisotopic (exact) mass is 338 g/mol. The highest BCUT2D eigenvalue weighted by Crippen LogP contribution is 2.26. The van der Waals surface area contributed by atoms with E-state index in [1.54, 1.807) is 49.6 Å². The number of aromatic nitrogens is 1. The first-order chi connectivity index (χ1) is 12.1. The van der Waals surface area contributed by atoms with Gasteiger partial charge in [0.2, 0.25) is 0 Å². The second-order valence-corrected chi connectivity index (χ2v) is 5.33. The molecule has 0 unspecified atom stereocenters. The topological polar surface area (TPSA) is 80.4 Å². The maximum Gasteiger partial charge on any atom is 0.296 e. The summed E-state index contributed by atoms with van der Waals surface area (Å²) in [6, 6.07) is 12.3. The number of carbonyl (C=O) groups excluding carboxylic acids is 2. The molecular formula is C19H18N2O4. The number of hydrogen-bond acceptors (Lipinski definition) is 4. The summed E-state index contributed by atoms with van der Waals surface area (Å²) in [5.41, 5.74) is 1.51. The minimum Gasteiger partial charge on any atom is -0.497 e. The van der Waals surface area contributed by atoms with Gasteiger partial charge in [0.05, 0.1) is 25.0 Å². The van der Waals surface area contributed by atoms with Crippen LogP contribution < -0.4 is 14.8 Å². The Morgan fingerprint density at radius 2 is 1.96 bits per heavy atom. The largest absolute Gasteiger partial charge is 0.497 e. The molecule has 25 heavy (non-hydrogen) atoms. The van der Waals surface area contributed by atoms with Crippen LogP contribution in [0.3, 0.4) is 0 Å². The fourth-order valence-electron chi connectivity index (χ4n) is 2.57. The molecule has 0 fully saturated rings. The van der Waals surface area contributed by atoms with E-state index in [0.29, 0.717) is 34.7 Å². The van der Waals surface area contributed by atoms with Gasteiger partial charge >= 0.3 is 0 Å². The van der Waals surface area contributed by atoms with Gasteiger partial charge in [-0.25, -0.2) is 0 Å². The number of hydrogen-bond donors (Lipinski definition) is 2. The summed E-state index contributed by atoms with van der Waals surface area (Å²) in [6.07, 6.45) is 1.53. The molecule has 0 spiro atoms. The van der Waals surface area contributed by atoms with Crippen LogP contribution in [0.1, 0.15) is 17.3 Å². The first-order valence-electron chi connectivity index (χ1n) is 7.86. The molecule has 0 saturated heterocycles. The maximum absolute atomic E-state index is 12.6.